The summed E-state index contributed by atoms with van der Waals surface area (Å²) < 4.78 is 1.97. The standard InChI is InChI=1S/C18H27N3O2/c1-19-10-7-15(14-19)13-17(22)20-8-4-9-21(12-11-20)18(23)16-5-2-3-6-16/h7,10,14,16H,2-6,8-9,11-13H2,1H3. The van der Waals surface area contributed by atoms with Crippen LogP contribution in [-0.4, -0.2) is 52.4 Å². The number of amides is 2. The van der Waals surface area contributed by atoms with Crippen molar-refractivity contribution in [3.8, 4) is 0 Å². The fourth-order valence-corrected chi connectivity index (χ4v) is 3.77. The lowest BCUT2D eigenvalue weighted by Crippen LogP contribution is -2.39. The second kappa shape index (κ2) is 7.20. The molecule has 0 bridgehead atoms. The minimum atomic E-state index is 0.173. The molecule has 1 saturated heterocycles. The van der Waals surface area contributed by atoms with Gasteiger partial charge in [0.05, 0.1) is 6.42 Å². The van der Waals surface area contributed by atoms with Gasteiger partial charge in [-0.25, -0.2) is 0 Å². The first kappa shape index (κ1) is 16.1. The van der Waals surface area contributed by atoms with Crippen molar-refractivity contribution in [3.63, 3.8) is 0 Å². The zero-order chi connectivity index (χ0) is 16.2. The molecule has 0 aromatic carbocycles. The van der Waals surface area contributed by atoms with E-state index in [1.54, 1.807) is 0 Å². The molecule has 23 heavy (non-hydrogen) atoms. The quantitative estimate of drug-likeness (QED) is 0.853. The second-order valence-corrected chi connectivity index (χ2v) is 6.90. The van der Waals surface area contributed by atoms with E-state index in [0.717, 1.165) is 37.9 Å². The smallest absolute Gasteiger partial charge is 0.227 e. The van der Waals surface area contributed by atoms with Crippen molar-refractivity contribution in [3.05, 3.63) is 24.0 Å². The van der Waals surface area contributed by atoms with Gasteiger partial charge in [0, 0.05) is 51.5 Å². The molecule has 1 aliphatic carbocycles. The van der Waals surface area contributed by atoms with Crippen molar-refractivity contribution in [2.24, 2.45) is 13.0 Å². The monoisotopic (exact) mass is 317 g/mol. The van der Waals surface area contributed by atoms with E-state index in [4.69, 9.17) is 0 Å². The highest BCUT2D eigenvalue weighted by molar-refractivity contribution is 5.80. The Labute approximate surface area is 138 Å². The molecule has 2 amide bonds. The Morgan fingerprint density at radius 2 is 1.74 bits per heavy atom. The zero-order valence-electron chi connectivity index (χ0n) is 14.0. The molecule has 0 unspecified atom stereocenters. The molecule has 3 rings (SSSR count). The largest absolute Gasteiger partial charge is 0.357 e. The van der Waals surface area contributed by atoms with Crippen LogP contribution < -0.4 is 0 Å². The van der Waals surface area contributed by atoms with E-state index in [1.165, 1.54) is 12.8 Å². The van der Waals surface area contributed by atoms with Crippen molar-refractivity contribution < 1.29 is 9.59 Å². The Balaban J connectivity index is 1.53. The summed E-state index contributed by atoms with van der Waals surface area (Å²) in [4.78, 5) is 28.9. The van der Waals surface area contributed by atoms with Gasteiger partial charge in [0.1, 0.15) is 0 Å². The Hall–Kier alpha value is -1.78. The van der Waals surface area contributed by atoms with E-state index in [9.17, 15) is 9.59 Å². The minimum absolute atomic E-state index is 0.173. The van der Waals surface area contributed by atoms with Crippen LogP contribution in [0.15, 0.2) is 18.5 Å². The molecule has 1 saturated carbocycles. The van der Waals surface area contributed by atoms with Gasteiger partial charge in [0.2, 0.25) is 11.8 Å². The Kier molecular flexibility index (Phi) is 5.03. The highest BCUT2D eigenvalue weighted by atomic mass is 16.2. The molecule has 1 aromatic heterocycles. The SMILES string of the molecule is Cn1ccc(CC(=O)N2CCCN(C(=O)C3CCCC3)CC2)c1. The number of nitrogens with zero attached hydrogens (tertiary/aromatic N) is 3. The molecule has 0 N–H and O–H groups in total. The predicted octanol–water partition coefficient (Wildman–Crippen LogP) is 1.82. The molecule has 0 atom stereocenters. The number of hydrogen-bond acceptors (Lipinski definition) is 2. The summed E-state index contributed by atoms with van der Waals surface area (Å²) in [6, 6.07) is 1.99. The van der Waals surface area contributed by atoms with Crippen LogP contribution in [0.5, 0.6) is 0 Å². The molecule has 126 valence electrons. The normalized spacial score (nSPS) is 19.9. The van der Waals surface area contributed by atoms with Crippen LogP contribution in [-0.2, 0) is 23.1 Å². The van der Waals surface area contributed by atoms with Crippen LogP contribution in [0.1, 0.15) is 37.7 Å². The van der Waals surface area contributed by atoms with Gasteiger partial charge >= 0.3 is 0 Å². The van der Waals surface area contributed by atoms with Crippen LogP contribution in [0.4, 0.5) is 0 Å². The maximum absolute atomic E-state index is 12.5. The van der Waals surface area contributed by atoms with Gasteiger partial charge in [0.25, 0.3) is 0 Å². The fraction of sp³-hybridized carbons (Fsp3) is 0.667. The van der Waals surface area contributed by atoms with Gasteiger partial charge in [-0.1, -0.05) is 12.8 Å². The molecule has 2 fully saturated rings. The molecule has 5 heteroatoms. The highest BCUT2D eigenvalue weighted by Gasteiger charge is 2.29. The van der Waals surface area contributed by atoms with Gasteiger partial charge in [0.15, 0.2) is 0 Å². The van der Waals surface area contributed by atoms with Crippen molar-refractivity contribution in [1.82, 2.24) is 14.4 Å². The van der Waals surface area contributed by atoms with Crippen molar-refractivity contribution >= 4 is 11.8 Å². The molecule has 2 heterocycles. The van der Waals surface area contributed by atoms with Crippen LogP contribution in [0.3, 0.4) is 0 Å². The molecule has 1 aromatic rings. The first-order valence-corrected chi connectivity index (χ1v) is 8.81. The molecule has 1 aliphatic heterocycles. The van der Waals surface area contributed by atoms with E-state index in [1.807, 2.05) is 39.9 Å². The number of aromatic nitrogens is 1. The maximum Gasteiger partial charge on any atom is 0.227 e. The summed E-state index contributed by atoms with van der Waals surface area (Å²) in [5.41, 5.74) is 1.06. The zero-order valence-corrected chi connectivity index (χ0v) is 14.0. The molecule has 0 spiro atoms. The molecule has 2 aliphatic rings. The Bertz CT molecular complexity index is 560. The van der Waals surface area contributed by atoms with Gasteiger partial charge in [-0.2, -0.15) is 0 Å². The summed E-state index contributed by atoms with van der Waals surface area (Å²) in [5.74, 6) is 0.729. The Morgan fingerprint density at radius 1 is 1.04 bits per heavy atom. The molecule has 5 nitrogen and oxygen atoms in total. The molecular weight excluding hydrogens is 290 g/mol. The average molecular weight is 317 g/mol. The predicted molar refractivity (Wildman–Crippen MR) is 88.9 cm³/mol. The van der Waals surface area contributed by atoms with E-state index in [0.29, 0.717) is 25.4 Å². The summed E-state index contributed by atoms with van der Waals surface area (Å²) in [5, 5.41) is 0. The van der Waals surface area contributed by atoms with Gasteiger partial charge in [-0.05, 0) is 30.9 Å². The van der Waals surface area contributed by atoms with Gasteiger partial charge < -0.3 is 14.4 Å². The van der Waals surface area contributed by atoms with E-state index >= 15 is 0 Å². The van der Waals surface area contributed by atoms with Gasteiger partial charge in [-0.3, -0.25) is 9.59 Å². The highest BCUT2D eigenvalue weighted by Crippen LogP contribution is 2.27. The third-order valence-corrected chi connectivity index (χ3v) is 5.11. The van der Waals surface area contributed by atoms with Crippen molar-refractivity contribution in [2.75, 3.05) is 26.2 Å². The molecular formula is C18H27N3O2. The lowest BCUT2D eigenvalue weighted by atomic mass is 10.1. The van der Waals surface area contributed by atoms with Crippen LogP contribution in [0.25, 0.3) is 0 Å². The van der Waals surface area contributed by atoms with Crippen molar-refractivity contribution in [2.45, 2.75) is 38.5 Å². The minimum Gasteiger partial charge on any atom is -0.357 e. The van der Waals surface area contributed by atoms with Crippen LogP contribution in [0, 0.1) is 5.92 Å². The molecule has 0 radical (unpaired) electrons. The first-order chi connectivity index (χ1) is 11.1. The lowest BCUT2D eigenvalue weighted by molar-refractivity contribution is -0.136. The number of aryl methyl sites for hydroxylation is 1. The van der Waals surface area contributed by atoms with Crippen LogP contribution >= 0.6 is 0 Å². The average Bonchev–Trinajstić information content (AvgIpc) is 3.13. The topological polar surface area (TPSA) is 45.6 Å². The van der Waals surface area contributed by atoms with Gasteiger partial charge in [-0.15, -0.1) is 0 Å². The lowest BCUT2D eigenvalue weighted by Gasteiger charge is -2.24. The van der Waals surface area contributed by atoms with E-state index < -0.39 is 0 Å². The summed E-state index contributed by atoms with van der Waals surface area (Å²) in [6.07, 6.45) is 9.77. The summed E-state index contributed by atoms with van der Waals surface area (Å²) in [6.45, 7) is 2.92. The third-order valence-electron chi connectivity index (χ3n) is 5.11. The van der Waals surface area contributed by atoms with Crippen molar-refractivity contribution in [1.29, 1.82) is 0 Å². The van der Waals surface area contributed by atoms with E-state index in [-0.39, 0.29) is 11.8 Å². The fourth-order valence-electron chi connectivity index (χ4n) is 3.77. The summed E-state index contributed by atoms with van der Waals surface area (Å²) >= 11 is 0. The first-order valence-electron chi connectivity index (χ1n) is 8.81. The second-order valence-electron chi connectivity index (χ2n) is 6.90. The summed E-state index contributed by atoms with van der Waals surface area (Å²) in [7, 11) is 1.96. The number of carbonyl (C=O) groups is 2. The third kappa shape index (κ3) is 3.95. The number of hydrogen-bond donors (Lipinski definition) is 0. The van der Waals surface area contributed by atoms with Crippen LogP contribution in [0.2, 0.25) is 0 Å². The Morgan fingerprint density at radius 3 is 2.43 bits per heavy atom. The number of carbonyl (C=O) groups excluding carboxylic acids is 2. The van der Waals surface area contributed by atoms with E-state index in [2.05, 4.69) is 0 Å². The maximum atomic E-state index is 12.5. The number of rotatable bonds is 3.